The average Bonchev–Trinajstić information content (AvgIpc) is 3.05. The summed E-state index contributed by atoms with van der Waals surface area (Å²) in [6.07, 6.45) is 0. The van der Waals surface area contributed by atoms with Gasteiger partial charge in [-0.25, -0.2) is 9.18 Å². The van der Waals surface area contributed by atoms with Crippen molar-refractivity contribution in [3.8, 4) is 16.9 Å². The molecule has 6 nitrogen and oxygen atoms in total. The molecule has 0 radical (unpaired) electrons. The maximum atomic E-state index is 14.4. The molecule has 158 valence electrons. The smallest absolute Gasteiger partial charge is 0.489 e. The number of benzene rings is 3. The third-order valence-corrected chi connectivity index (χ3v) is 5.05. The summed E-state index contributed by atoms with van der Waals surface area (Å²) in [5.74, 6) is -0.699. The van der Waals surface area contributed by atoms with Crippen LogP contribution in [-0.2, 0) is 13.2 Å². The Labute approximate surface area is 205 Å². The standard InChI is InChI=1S/C24H21FN2O4.Na/c1-15-4-3-5-16(2)22(15)18-8-11-21(25)19(12-18)14-30-20-9-6-17(7-10-20)13-27-23(28)26-24(29)31-27;/h3-12H,13-14H2,1-2H3,(H,26,28,29);/q;+1/p-1. The largest absolute Gasteiger partial charge is 1.00 e. The monoisotopic (exact) mass is 442 g/mol. The Balaban J connectivity index is 0.00000289. The third kappa shape index (κ3) is 5.30. The van der Waals surface area contributed by atoms with E-state index < -0.39 is 11.4 Å². The molecule has 0 saturated heterocycles. The van der Waals surface area contributed by atoms with Gasteiger partial charge in [-0.2, -0.15) is 0 Å². The van der Waals surface area contributed by atoms with E-state index in [0.29, 0.717) is 11.3 Å². The first-order valence-corrected chi connectivity index (χ1v) is 9.72. The van der Waals surface area contributed by atoms with Gasteiger partial charge in [0.2, 0.25) is 0 Å². The van der Waals surface area contributed by atoms with E-state index in [4.69, 9.17) is 9.26 Å². The maximum Gasteiger partial charge on any atom is 1.00 e. The van der Waals surface area contributed by atoms with Gasteiger partial charge in [0.15, 0.2) is 5.69 Å². The van der Waals surface area contributed by atoms with Gasteiger partial charge in [-0.1, -0.05) is 36.4 Å². The van der Waals surface area contributed by atoms with Crippen LogP contribution in [0.1, 0.15) is 22.3 Å². The maximum absolute atomic E-state index is 14.4. The second-order valence-electron chi connectivity index (χ2n) is 7.29. The molecule has 1 aromatic heterocycles. The van der Waals surface area contributed by atoms with Crippen molar-refractivity contribution in [2.75, 3.05) is 0 Å². The number of rotatable bonds is 6. The quantitative estimate of drug-likeness (QED) is 0.413. The summed E-state index contributed by atoms with van der Waals surface area (Å²) >= 11 is 0. The Morgan fingerprint density at radius 1 is 1.00 bits per heavy atom. The van der Waals surface area contributed by atoms with Crippen LogP contribution in [0.3, 0.4) is 0 Å². The first-order valence-electron chi connectivity index (χ1n) is 9.72. The molecule has 8 heteroatoms. The molecule has 4 aromatic rings. The topological polar surface area (TPSA) is 75.5 Å². The first kappa shape index (κ1) is 23.8. The van der Waals surface area contributed by atoms with E-state index in [0.717, 1.165) is 32.6 Å². The van der Waals surface area contributed by atoms with Crippen LogP contribution in [-0.4, -0.2) is 4.74 Å². The zero-order valence-electron chi connectivity index (χ0n) is 18.1. The van der Waals surface area contributed by atoms with E-state index in [2.05, 4.69) is 4.98 Å². The normalized spacial score (nSPS) is 10.6. The van der Waals surface area contributed by atoms with E-state index in [1.807, 2.05) is 38.1 Å². The summed E-state index contributed by atoms with van der Waals surface area (Å²) in [4.78, 5) is 25.6. The number of ether oxygens (including phenoxy) is 1. The number of halogens is 1. The number of hydrogen-bond donors (Lipinski definition) is 0. The summed E-state index contributed by atoms with van der Waals surface area (Å²) < 4.78 is 25.7. The van der Waals surface area contributed by atoms with Gasteiger partial charge in [-0.15, -0.1) is 0 Å². The van der Waals surface area contributed by atoms with Gasteiger partial charge in [0.25, 0.3) is 0 Å². The van der Waals surface area contributed by atoms with Gasteiger partial charge in [-0.3, -0.25) is 9.53 Å². The molecule has 0 aliphatic heterocycles. The number of hydrogen-bond acceptors (Lipinski definition) is 4. The molecule has 0 bridgehead atoms. The van der Waals surface area contributed by atoms with Crippen molar-refractivity contribution in [1.82, 2.24) is 9.72 Å². The summed E-state index contributed by atoms with van der Waals surface area (Å²) in [6.45, 7) is 4.23. The summed E-state index contributed by atoms with van der Waals surface area (Å²) in [5.41, 5.74) is 4.75. The van der Waals surface area contributed by atoms with Crippen molar-refractivity contribution < 1.29 is 43.2 Å². The number of nitrogens with zero attached hydrogens (tertiary/aromatic N) is 2. The van der Waals surface area contributed by atoms with Crippen LogP contribution in [0.4, 0.5) is 4.39 Å². The zero-order chi connectivity index (χ0) is 22.0. The molecular weight excluding hydrogens is 422 g/mol. The molecule has 0 fully saturated rings. The van der Waals surface area contributed by atoms with Gasteiger partial charge in [0, 0.05) is 12.1 Å². The van der Waals surface area contributed by atoms with E-state index in [9.17, 15) is 14.0 Å². The molecule has 32 heavy (non-hydrogen) atoms. The fourth-order valence-electron chi connectivity index (χ4n) is 3.52. The van der Waals surface area contributed by atoms with E-state index >= 15 is 0 Å². The predicted molar refractivity (Wildman–Crippen MR) is 114 cm³/mol. The SMILES string of the molecule is Cc1cccc(C)c1-c1ccc(F)c(COc2ccc(Cn3oc(=O)[n-]c3=O)cc2)c1.[Na+]. The minimum atomic E-state index is -0.921. The third-order valence-electron chi connectivity index (χ3n) is 5.05. The van der Waals surface area contributed by atoms with Crippen molar-refractivity contribution in [1.29, 1.82) is 0 Å². The van der Waals surface area contributed by atoms with Crippen LogP contribution in [0.25, 0.3) is 11.1 Å². The summed E-state index contributed by atoms with van der Waals surface area (Å²) in [5, 5.41) is 0. The molecule has 0 saturated carbocycles. The van der Waals surface area contributed by atoms with Crippen LogP contribution >= 0.6 is 0 Å². The molecule has 1 heterocycles. The predicted octanol–water partition coefficient (Wildman–Crippen LogP) is 0.813. The van der Waals surface area contributed by atoms with E-state index in [1.54, 1.807) is 30.3 Å². The molecule has 0 atom stereocenters. The molecule has 3 aromatic carbocycles. The van der Waals surface area contributed by atoms with Crippen molar-refractivity contribution in [3.63, 3.8) is 0 Å². The molecular formula is C24H20FN2NaO4. The first-order chi connectivity index (χ1) is 14.9. The van der Waals surface area contributed by atoms with Gasteiger partial charge in [0.1, 0.15) is 18.2 Å². The Kier molecular flexibility index (Phi) is 7.56. The summed E-state index contributed by atoms with van der Waals surface area (Å²) in [6, 6.07) is 18.0. The Hall–Kier alpha value is -2.87. The van der Waals surface area contributed by atoms with Crippen molar-refractivity contribution in [2.24, 2.45) is 0 Å². The zero-order valence-corrected chi connectivity index (χ0v) is 20.1. The van der Waals surface area contributed by atoms with Crippen LogP contribution in [0.2, 0.25) is 0 Å². The Morgan fingerprint density at radius 2 is 1.69 bits per heavy atom. The molecule has 0 aliphatic carbocycles. The minimum Gasteiger partial charge on any atom is -0.489 e. The molecule has 0 spiro atoms. The van der Waals surface area contributed by atoms with Crippen LogP contribution < -0.4 is 50.7 Å². The van der Waals surface area contributed by atoms with Crippen molar-refractivity contribution >= 4 is 0 Å². The van der Waals surface area contributed by atoms with Gasteiger partial charge >= 0.3 is 35.3 Å². The second-order valence-corrected chi connectivity index (χ2v) is 7.29. The fourth-order valence-corrected chi connectivity index (χ4v) is 3.52. The molecule has 0 aliphatic rings. The molecule has 0 N–H and O–H groups in total. The molecule has 4 rings (SSSR count). The fraction of sp³-hybridized carbons (Fsp3) is 0.167. The number of aryl methyl sites for hydroxylation is 2. The van der Waals surface area contributed by atoms with E-state index in [1.165, 1.54) is 6.07 Å². The molecule has 0 amide bonds. The summed E-state index contributed by atoms with van der Waals surface area (Å²) in [7, 11) is 0. The molecule has 0 unspecified atom stereocenters. The van der Waals surface area contributed by atoms with Gasteiger partial charge < -0.3 is 14.2 Å². The van der Waals surface area contributed by atoms with Crippen LogP contribution in [0.5, 0.6) is 5.75 Å². The van der Waals surface area contributed by atoms with E-state index in [-0.39, 0.29) is 48.5 Å². The van der Waals surface area contributed by atoms with Crippen molar-refractivity contribution in [2.45, 2.75) is 27.0 Å². The minimum absolute atomic E-state index is 0. The Morgan fingerprint density at radius 3 is 2.31 bits per heavy atom. The number of aromatic nitrogens is 2. The van der Waals surface area contributed by atoms with Gasteiger partial charge in [0.05, 0.1) is 0 Å². The average molecular weight is 442 g/mol. The van der Waals surface area contributed by atoms with Crippen LogP contribution in [0.15, 0.2) is 74.8 Å². The van der Waals surface area contributed by atoms with Gasteiger partial charge in [-0.05, 0) is 65.9 Å². The Bertz CT molecular complexity index is 1320. The second kappa shape index (κ2) is 10.2. The van der Waals surface area contributed by atoms with Crippen LogP contribution in [0, 0.1) is 19.7 Å². The van der Waals surface area contributed by atoms with Crippen molar-refractivity contribution in [3.05, 3.63) is 110 Å².